The van der Waals surface area contributed by atoms with Gasteiger partial charge in [0.2, 0.25) is 5.91 Å². The minimum absolute atomic E-state index is 0.0727. The van der Waals surface area contributed by atoms with Crippen LogP contribution < -0.4 is 10.2 Å². The van der Waals surface area contributed by atoms with Crippen molar-refractivity contribution < 1.29 is 14.7 Å². The van der Waals surface area contributed by atoms with E-state index in [0.717, 1.165) is 0 Å². The van der Waals surface area contributed by atoms with Gasteiger partial charge in [0, 0.05) is 18.8 Å². The molecule has 1 saturated heterocycles. The van der Waals surface area contributed by atoms with Crippen molar-refractivity contribution in [2.75, 3.05) is 24.5 Å². The number of amides is 1. The standard InChI is InChI=1S/C11H13N3O3/c1-7-4-8(11(16)17)5-9(13-7)14-3-2-12-10(15)6-14/h4-5H,2-3,6H2,1H3,(H,12,15)(H,16,17). The highest BCUT2D eigenvalue weighted by Crippen LogP contribution is 2.15. The van der Waals surface area contributed by atoms with Crippen molar-refractivity contribution in [3.63, 3.8) is 0 Å². The van der Waals surface area contributed by atoms with Crippen LogP contribution in [0.15, 0.2) is 12.1 Å². The van der Waals surface area contributed by atoms with Gasteiger partial charge in [0.05, 0.1) is 12.1 Å². The number of aromatic carboxylic acids is 1. The molecule has 1 aromatic rings. The van der Waals surface area contributed by atoms with Crippen LogP contribution in [-0.4, -0.2) is 41.6 Å². The summed E-state index contributed by atoms with van der Waals surface area (Å²) in [7, 11) is 0. The highest BCUT2D eigenvalue weighted by Gasteiger charge is 2.19. The van der Waals surface area contributed by atoms with Crippen molar-refractivity contribution in [2.45, 2.75) is 6.92 Å². The molecule has 1 amide bonds. The molecule has 0 aliphatic carbocycles. The lowest BCUT2D eigenvalue weighted by molar-refractivity contribution is -0.120. The number of carboxylic acids is 1. The van der Waals surface area contributed by atoms with Crippen molar-refractivity contribution in [3.05, 3.63) is 23.4 Å². The first kappa shape index (κ1) is 11.4. The van der Waals surface area contributed by atoms with Crippen LogP contribution in [0.5, 0.6) is 0 Å². The zero-order valence-corrected chi connectivity index (χ0v) is 9.43. The number of rotatable bonds is 2. The number of hydrogen-bond donors (Lipinski definition) is 2. The first-order valence-electron chi connectivity index (χ1n) is 5.30. The average Bonchev–Trinajstić information content (AvgIpc) is 2.28. The summed E-state index contributed by atoms with van der Waals surface area (Å²) in [5.74, 6) is -0.521. The van der Waals surface area contributed by atoms with E-state index in [9.17, 15) is 9.59 Å². The molecular weight excluding hydrogens is 222 g/mol. The van der Waals surface area contributed by atoms with Gasteiger partial charge in [-0.15, -0.1) is 0 Å². The van der Waals surface area contributed by atoms with Crippen LogP contribution in [0, 0.1) is 6.92 Å². The minimum Gasteiger partial charge on any atom is -0.478 e. The molecule has 1 aliphatic rings. The van der Waals surface area contributed by atoms with Gasteiger partial charge in [-0.3, -0.25) is 4.79 Å². The third-order valence-corrected chi connectivity index (χ3v) is 2.55. The molecule has 6 nitrogen and oxygen atoms in total. The van der Waals surface area contributed by atoms with Gasteiger partial charge in [0.1, 0.15) is 5.82 Å². The number of hydrogen-bond acceptors (Lipinski definition) is 4. The molecule has 90 valence electrons. The van der Waals surface area contributed by atoms with Crippen molar-refractivity contribution in [1.29, 1.82) is 0 Å². The Bertz CT molecular complexity index is 473. The molecule has 6 heteroatoms. The van der Waals surface area contributed by atoms with Crippen molar-refractivity contribution in [3.8, 4) is 0 Å². The number of aromatic nitrogens is 1. The summed E-state index contributed by atoms with van der Waals surface area (Å²) in [6, 6.07) is 3.00. The zero-order chi connectivity index (χ0) is 12.4. The minimum atomic E-state index is -0.988. The van der Waals surface area contributed by atoms with E-state index in [1.807, 2.05) is 0 Å². The number of carboxylic acid groups (broad SMARTS) is 1. The first-order valence-corrected chi connectivity index (χ1v) is 5.30. The van der Waals surface area contributed by atoms with Gasteiger partial charge in [-0.25, -0.2) is 9.78 Å². The van der Waals surface area contributed by atoms with E-state index >= 15 is 0 Å². The van der Waals surface area contributed by atoms with E-state index < -0.39 is 5.97 Å². The maximum absolute atomic E-state index is 11.3. The number of piperazine rings is 1. The summed E-state index contributed by atoms with van der Waals surface area (Å²) in [5.41, 5.74) is 0.823. The smallest absolute Gasteiger partial charge is 0.335 e. The highest BCUT2D eigenvalue weighted by molar-refractivity contribution is 5.89. The summed E-state index contributed by atoms with van der Waals surface area (Å²) in [5, 5.41) is 11.7. The second kappa shape index (κ2) is 4.40. The molecule has 2 heterocycles. The van der Waals surface area contributed by atoms with E-state index in [0.29, 0.717) is 24.6 Å². The molecule has 0 saturated carbocycles. The molecule has 0 unspecified atom stereocenters. The maximum Gasteiger partial charge on any atom is 0.335 e. The fourth-order valence-corrected chi connectivity index (χ4v) is 1.77. The van der Waals surface area contributed by atoms with E-state index in [2.05, 4.69) is 10.3 Å². The molecule has 1 aromatic heterocycles. The van der Waals surface area contributed by atoms with Crippen LogP contribution in [0.3, 0.4) is 0 Å². The number of anilines is 1. The molecule has 2 rings (SSSR count). The largest absolute Gasteiger partial charge is 0.478 e. The number of aryl methyl sites for hydroxylation is 1. The lowest BCUT2D eigenvalue weighted by Crippen LogP contribution is -2.48. The molecule has 1 fully saturated rings. The third-order valence-electron chi connectivity index (χ3n) is 2.55. The fourth-order valence-electron chi connectivity index (χ4n) is 1.77. The number of carbonyl (C=O) groups is 2. The Morgan fingerprint density at radius 3 is 2.94 bits per heavy atom. The Morgan fingerprint density at radius 2 is 2.29 bits per heavy atom. The Labute approximate surface area is 98.3 Å². The number of nitrogens with one attached hydrogen (secondary N) is 1. The zero-order valence-electron chi connectivity index (χ0n) is 9.43. The maximum atomic E-state index is 11.3. The summed E-state index contributed by atoms with van der Waals surface area (Å²) >= 11 is 0. The Kier molecular flexibility index (Phi) is 2.95. The normalized spacial score (nSPS) is 15.6. The second-order valence-electron chi connectivity index (χ2n) is 3.93. The van der Waals surface area contributed by atoms with Crippen LogP contribution >= 0.6 is 0 Å². The number of pyridine rings is 1. The number of carbonyl (C=O) groups excluding carboxylic acids is 1. The summed E-state index contributed by atoms with van der Waals surface area (Å²) in [4.78, 5) is 28.2. The predicted molar refractivity (Wildman–Crippen MR) is 61.2 cm³/mol. The molecule has 17 heavy (non-hydrogen) atoms. The lowest BCUT2D eigenvalue weighted by Gasteiger charge is -2.27. The van der Waals surface area contributed by atoms with Crippen molar-refractivity contribution in [1.82, 2.24) is 10.3 Å². The molecule has 0 bridgehead atoms. The first-order chi connectivity index (χ1) is 8.06. The highest BCUT2D eigenvalue weighted by atomic mass is 16.4. The van der Waals surface area contributed by atoms with E-state index in [1.54, 1.807) is 11.8 Å². The quantitative estimate of drug-likeness (QED) is 0.755. The van der Waals surface area contributed by atoms with Crippen LogP contribution in [0.2, 0.25) is 0 Å². The van der Waals surface area contributed by atoms with Gasteiger partial charge in [-0.2, -0.15) is 0 Å². The Balaban J connectivity index is 2.31. The van der Waals surface area contributed by atoms with Crippen LogP contribution in [0.1, 0.15) is 16.1 Å². The van der Waals surface area contributed by atoms with Crippen LogP contribution in [-0.2, 0) is 4.79 Å². The molecule has 0 radical (unpaired) electrons. The molecule has 0 atom stereocenters. The van der Waals surface area contributed by atoms with Gasteiger partial charge in [-0.1, -0.05) is 0 Å². The lowest BCUT2D eigenvalue weighted by atomic mass is 10.2. The molecule has 1 aliphatic heterocycles. The van der Waals surface area contributed by atoms with Gasteiger partial charge >= 0.3 is 5.97 Å². The molecule has 0 aromatic carbocycles. The third kappa shape index (κ3) is 2.52. The Hall–Kier alpha value is -2.11. The monoisotopic (exact) mass is 235 g/mol. The van der Waals surface area contributed by atoms with Gasteiger partial charge in [0.15, 0.2) is 0 Å². The van der Waals surface area contributed by atoms with Gasteiger partial charge < -0.3 is 15.3 Å². The van der Waals surface area contributed by atoms with E-state index in [1.165, 1.54) is 12.1 Å². The molecule has 0 spiro atoms. The topological polar surface area (TPSA) is 82.5 Å². The summed E-state index contributed by atoms with van der Waals surface area (Å²) in [6.07, 6.45) is 0. The van der Waals surface area contributed by atoms with Crippen molar-refractivity contribution >= 4 is 17.7 Å². The van der Waals surface area contributed by atoms with Crippen LogP contribution in [0.25, 0.3) is 0 Å². The fraction of sp³-hybridized carbons (Fsp3) is 0.364. The second-order valence-corrected chi connectivity index (χ2v) is 3.93. The van der Waals surface area contributed by atoms with E-state index in [-0.39, 0.29) is 18.0 Å². The summed E-state index contributed by atoms with van der Waals surface area (Å²) < 4.78 is 0. The van der Waals surface area contributed by atoms with Crippen molar-refractivity contribution in [2.24, 2.45) is 0 Å². The van der Waals surface area contributed by atoms with Gasteiger partial charge in [0.25, 0.3) is 0 Å². The van der Waals surface area contributed by atoms with E-state index in [4.69, 9.17) is 5.11 Å². The summed E-state index contributed by atoms with van der Waals surface area (Å²) in [6.45, 7) is 3.15. The van der Waals surface area contributed by atoms with Crippen LogP contribution in [0.4, 0.5) is 5.82 Å². The number of nitrogens with zero attached hydrogens (tertiary/aromatic N) is 2. The van der Waals surface area contributed by atoms with Gasteiger partial charge in [-0.05, 0) is 19.1 Å². The Morgan fingerprint density at radius 1 is 1.53 bits per heavy atom. The molecule has 2 N–H and O–H groups in total. The molecular formula is C11H13N3O3. The SMILES string of the molecule is Cc1cc(C(=O)O)cc(N2CCNC(=O)C2)n1. The predicted octanol–water partition coefficient (Wildman–Crippen LogP) is 0.0244. The average molecular weight is 235 g/mol.